The highest BCUT2D eigenvalue weighted by atomic mass is 35.5. The van der Waals surface area contributed by atoms with Crippen molar-refractivity contribution >= 4 is 12.4 Å². The highest BCUT2D eigenvalue weighted by Crippen LogP contribution is 2.36. The third-order valence-corrected chi connectivity index (χ3v) is 5.93. The van der Waals surface area contributed by atoms with Crippen molar-refractivity contribution in [2.45, 2.75) is 12.3 Å². The van der Waals surface area contributed by atoms with Crippen LogP contribution < -0.4 is 19.5 Å². The van der Waals surface area contributed by atoms with E-state index in [1.165, 1.54) is 17.7 Å². The zero-order valence-electron chi connectivity index (χ0n) is 17.1. The van der Waals surface area contributed by atoms with Crippen LogP contribution in [-0.2, 0) is 0 Å². The van der Waals surface area contributed by atoms with Gasteiger partial charge in [0.05, 0.1) is 6.61 Å². The Bertz CT molecular complexity index is 1010. The molecule has 0 spiro atoms. The van der Waals surface area contributed by atoms with Crippen LogP contribution in [0.5, 0.6) is 17.2 Å². The molecule has 5 rings (SSSR count). The van der Waals surface area contributed by atoms with Gasteiger partial charge in [0.15, 0.2) is 11.5 Å². The van der Waals surface area contributed by atoms with Gasteiger partial charge < -0.3 is 19.5 Å². The van der Waals surface area contributed by atoms with Gasteiger partial charge in [0.1, 0.15) is 11.6 Å². The minimum Gasteiger partial charge on any atom is -0.493 e. The lowest BCUT2D eigenvalue weighted by molar-refractivity contribution is 0.173. The molecule has 6 heteroatoms. The number of piperidine rings is 1. The molecule has 1 fully saturated rings. The summed E-state index contributed by atoms with van der Waals surface area (Å²) in [4.78, 5) is 0. The van der Waals surface area contributed by atoms with Crippen LogP contribution >= 0.6 is 12.4 Å². The van der Waals surface area contributed by atoms with Gasteiger partial charge in [-0.05, 0) is 59.8 Å². The van der Waals surface area contributed by atoms with Gasteiger partial charge in [-0.25, -0.2) is 4.39 Å². The van der Waals surface area contributed by atoms with Crippen molar-refractivity contribution in [2.75, 3.05) is 26.5 Å². The Morgan fingerprint density at radius 2 is 1.61 bits per heavy atom. The van der Waals surface area contributed by atoms with E-state index in [0.717, 1.165) is 47.9 Å². The Morgan fingerprint density at radius 3 is 2.39 bits per heavy atom. The number of nitrogens with one attached hydrogen (secondary N) is 1. The van der Waals surface area contributed by atoms with E-state index in [0.29, 0.717) is 18.4 Å². The summed E-state index contributed by atoms with van der Waals surface area (Å²) in [6.45, 7) is 2.83. The van der Waals surface area contributed by atoms with E-state index >= 15 is 0 Å². The second-order valence-corrected chi connectivity index (χ2v) is 7.81. The summed E-state index contributed by atoms with van der Waals surface area (Å²) in [7, 11) is 0. The maximum absolute atomic E-state index is 13.2. The van der Waals surface area contributed by atoms with Crippen molar-refractivity contribution in [1.29, 1.82) is 0 Å². The molecule has 0 aliphatic carbocycles. The molecule has 0 radical (unpaired) electrons. The minimum atomic E-state index is -0.213. The van der Waals surface area contributed by atoms with Crippen molar-refractivity contribution in [3.8, 4) is 28.4 Å². The number of fused-ring (bicyclic) bond motifs is 1. The predicted molar refractivity (Wildman–Crippen MR) is 121 cm³/mol. The SMILES string of the molecule is Cl.Fc1ccc(-c2ccc(C3CCNCC3COc3ccc4c(c3)OCO4)cc2)cc1. The number of hydrogen-bond acceptors (Lipinski definition) is 4. The first-order valence-corrected chi connectivity index (χ1v) is 10.4. The molecule has 31 heavy (non-hydrogen) atoms. The zero-order valence-corrected chi connectivity index (χ0v) is 17.9. The molecule has 162 valence electrons. The summed E-state index contributed by atoms with van der Waals surface area (Å²) < 4.78 is 30.1. The fourth-order valence-corrected chi connectivity index (χ4v) is 4.27. The van der Waals surface area contributed by atoms with Gasteiger partial charge >= 0.3 is 0 Å². The molecule has 1 saturated heterocycles. The molecule has 2 atom stereocenters. The Balaban J connectivity index is 0.00000231. The quantitative estimate of drug-likeness (QED) is 0.574. The number of rotatable bonds is 5. The lowest BCUT2D eigenvalue weighted by Crippen LogP contribution is -2.38. The second kappa shape index (κ2) is 9.58. The molecule has 4 nitrogen and oxygen atoms in total. The summed E-state index contributed by atoms with van der Waals surface area (Å²) in [5.41, 5.74) is 3.44. The standard InChI is InChI=1S/C25H24FNO3.ClH/c26-21-7-5-18(6-8-21)17-1-3-19(4-2-17)23-11-12-27-14-20(23)15-28-22-9-10-24-25(13-22)30-16-29-24;/h1-10,13,20,23,27H,11-12,14-16H2;1H. The van der Waals surface area contributed by atoms with Crippen molar-refractivity contribution in [2.24, 2.45) is 5.92 Å². The molecule has 2 aliphatic heterocycles. The number of hydrogen-bond donors (Lipinski definition) is 1. The van der Waals surface area contributed by atoms with Crippen molar-refractivity contribution in [3.05, 3.63) is 78.1 Å². The molecule has 1 N–H and O–H groups in total. The van der Waals surface area contributed by atoms with Crippen LogP contribution in [0.4, 0.5) is 4.39 Å². The Labute approximate surface area is 187 Å². The summed E-state index contributed by atoms with van der Waals surface area (Å²) in [5, 5.41) is 3.49. The highest BCUT2D eigenvalue weighted by Gasteiger charge is 2.27. The maximum atomic E-state index is 13.2. The van der Waals surface area contributed by atoms with Gasteiger partial charge in [-0.2, -0.15) is 0 Å². The van der Waals surface area contributed by atoms with Crippen LogP contribution in [0, 0.1) is 11.7 Å². The number of halogens is 2. The van der Waals surface area contributed by atoms with Gasteiger partial charge in [-0.15, -0.1) is 12.4 Å². The van der Waals surface area contributed by atoms with Crippen molar-refractivity contribution < 1.29 is 18.6 Å². The monoisotopic (exact) mass is 441 g/mol. The summed E-state index contributed by atoms with van der Waals surface area (Å²) >= 11 is 0. The number of benzene rings is 3. The first-order chi connectivity index (χ1) is 14.8. The third-order valence-electron chi connectivity index (χ3n) is 5.93. The number of ether oxygens (including phenoxy) is 3. The normalized spacial score (nSPS) is 19.5. The van der Waals surface area contributed by atoms with Gasteiger partial charge in [-0.3, -0.25) is 0 Å². The molecule has 2 unspecified atom stereocenters. The average Bonchev–Trinajstić information content (AvgIpc) is 3.27. The fourth-order valence-electron chi connectivity index (χ4n) is 4.27. The van der Waals surface area contributed by atoms with E-state index in [4.69, 9.17) is 14.2 Å². The van der Waals surface area contributed by atoms with Crippen LogP contribution in [0.1, 0.15) is 17.9 Å². The average molecular weight is 442 g/mol. The first kappa shape index (κ1) is 21.5. The zero-order chi connectivity index (χ0) is 20.3. The van der Waals surface area contributed by atoms with E-state index in [9.17, 15) is 4.39 Å². The van der Waals surface area contributed by atoms with E-state index in [1.807, 2.05) is 30.3 Å². The van der Waals surface area contributed by atoms with Crippen LogP contribution in [0.25, 0.3) is 11.1 Å². The van der Waals surface area contributed by atoms with E-state index in [-0.39, 0.29) is 25.0 Å². The van der Waals surface area contributed by atoms with E-state index in [2.05, 4.69) is 29.6 Å². The summed E-state index contributed by atoms with van der Waals surface area (Å²) in [6, 6.07) is 21.0. The van der Waals surface area contributed by atoms with Crippen LogP contribution in [0.15, 0.2) is 66.7 Å². The van der Waals surface area contributed by atoms with Crippen molar-refractivity contribution in [1.82, 2.24) is 5.32 Å². The van der Waals surface area contributed by atoms with Gasteiger partial charge in [0.25, 0.3) is 0 Å². The Hall–Kier alpha value is -2.76. The molecule has 0 amide bonds. The van der Waals surface area contributed by atoms with E-state index in [1.54, 1.807) is 0 Å². The smallest absolute Gasteiger partial charge is 0.231 e. The molecule has 0 saturated carbocycles. The van der Waals surface area contributed by atoms with Gasteiger partial charge in [0, 0.05) is 18.5 Å². The lowest BCUT2D eigenvalue weighted by atomic mass is 9.81. The summed E-state index contributed by atoms with van der Waals surface area (Å²) in [6.07, 6.45) is 1.07. The van der Waals surface area contributed by atoms with Crippen LogP contribution in [0.3, 0.4) is 0 Å². The van der Waals surface area contributed by atoms with Crippen LogP contribution in [0.2, 0.25) is 0 Å². The third kappa shape index (κ3) is 4.78. The minimum absolute atomic E-state index is 0. The predicted octanol–water partition coefficient (Wildman–Crippen LogP) is 5.42. The van der Waals surface area contributed by atoms with Crippen LogP contribution in [-0.4, -0.2) is 26.5 Å². The topological polar surface area (TPSA) is 39.7 Å². The van der Waals surface area contributed by atoms with Gasteiger partial charge in [0.2, 0.25) is 6.79 Å². The Morgan fingerprint density at radius 1 is 0.903 bits per heavy atom. The largest absolute Gasteiger partial charge is 0.493 e. The molecule has 0 bridgehead atoms. The second-order valence-electron chi connectivity index (χ2n) is 7.81. The molecule has 0 aromatic heterocycles. The molecular weight excluding hydrogens is 417 g/mol. The van der Waals surface area contributed by atoms with Gasteiger partial charge in [-0.1, -0.05) is 36.4 Å². The highest BCUT2D eigenvalue weighted by molar-refractivity contribution is 5.85. The molecule has 3 aromatic carbocycles. The maximum Gasteiger partial charge on any atom is 0.231 e. The first-order valence-electron chi connectivity index (χ1n) is 10.4. The molecule has 2 aliphatic rings. The molecular formula is C25H25ClFNO3. The molecule has 3 aromatic rings. The van der Waals surface area contributed by atoms with E-state index < -0.39 is 0 Å². The summed E-state index contributed by atoms with van der Waals surface area (Å²) in [5.74, 6) is 2.90. The fraction of sp³-hybridized carbons (Fsp3) is 0.280. The lowest BCUT2D eigenvalue weighted by Gasteiger charge is -2.32. The Kier molecular flexibility index (Phi) is 6.64. The molecule has 2 heterocycles. The van der Waals surface area contributed by atoms with Crippen molar-refractivity contribution in [3.63, 3.8) is 0 Å².